The van der Waals surface area contributed by atoms with Crippen LogP contribution in [0.15, 0.2) is 12.1 Å². The first-order chi connectivity index (χ1) is 8.26. The second kappa shape index (κ2) is 4.15. The van der Waals surface area contributed by atoms with Crippen LogP contribution in [0.5, 0.6) is 5.75 Å². The number of phenolic OH excluding ortho intramolecular Hbond substituents is 1. The number of hydrogen-bond donors (Lipinski definition) is 1. The number of nitrogens with zero attached hydrogens (tertiary/aromatic N) is 1. The molecule has 1 N–H and O–H groups in total. The molecule has 0 unspecified atom stereocenters. The first kappa shape index (κ1) is 12.7. The smallest absolute Gasteiger partial charge is 0.410 e. The molecule has 2 rings (SSSR count). The molecule has 0 saturated carbocycles. The van der Waals surface area contributed by atoms with Gasteiger partial charge >= 0.3 is 6.09 Å². The standard InChI is InChI=1S/C13H16FNO3/c1-13(2,3)18-12(17)15-6-8-4-9(16)5-11(14)10(8)7-15/h4-5,16H,6-7H2,1-3H3. The molecule has 5 heteroatoms. The second-order valence-electron chi connectivity index (χ2n) is 5.40. The average molecular weight is 253 g/mol. The third-order valence-corrected chi connectivity index (χ3v) is 2.63. The Kier molecular flexibility index (Phi) is 2.92. The van der Waals surface area contributed by atoms with Crippen LogP contribution in [0.25, 0.3) is 0 Å². The zero-order chi connectivity index (χ0) is 13.5. The van der Waals surface area contributed by atoms with Crippen LogP contribution in [0.2, 0.25) is 0 Å². The van der Waals surface area contributed by atoms with Crippen LogP contribution in [-0.4, -0.2) is 21.7 Å². The van der Waals surface area contributed by atoms with Gasteiger partial charge in [0.25, 0.3) is 0 Å². The van der Waals surface area contributed by atoms with Crippen molar-refractivity contribution in [3.63, 3.8) is 0 Å². The predicted octanol–water partition coefficient (Wildman–Crippen LogP) is 2.78. The van der Waals surface area contributed by atoms with Gasteiger partial charge in [0, 0.05) is 18.2 Å². The highest BCUT2D eigenvalue weighted by molar-refractivity contribution is 5.69. The molecule has 0 aliphatic carbocycles. The number of carbonyl (C=O) groups is 1. The quantitative estimate of drug-likeness (QED) is 0.773. The van der Waals surface area contributed by atoms with Gasteiger partial charge in [-0.05, 0) is 32.4 Å². The third-order valence-electron chi connectivity index (χ3n) is 2.63. The Morgan fingerprint density at radius 1 is 1.39 bits per heavy atom. The van der Waals surface area contributed by atoms with Crippen molar-refractivity contribution >= 4 is 6.09 Å². The Hall–Kier alpha value is -1.78. The summed E-state index contributed by atoms with van der Waals surface area (Å²) in [5.74, 6) is -0.617. The SMILES string of the molecule is CC(C)(C)OC(=O)N1Cc2cc(O)cc(F)c2C1. The van der Waals surface area contributed by atoms with Crippen LogP contribution in [0.3, 0.4) is 0 Å². The van der Waals surface area contributed by atoms with E-state index in [0.717, 1.165) is 6.07 Å². The van der Waals surface area contributed by atoms with Crippen molar-refractivity contribution in [2.45, 2.75) is 39.5 Å². The predicted molar refractivity (Wildman–Crippen MR) is 63.5 cm³/mol. The van der Waals surface area contributed by atoms with Crippen LogP contribution in [0, 0.1) is 5.82 Å². The largest absolute Gasteiger partial charge is 0.508 e. The Bertz CT molecular complexity index is 494. The van der Waals surface area contributed by atoms with Gasteiger partial charge in [0.15, 0.2) is 0 Å². The molecular formula is C13H16FNO3. The van der Waals surface area contributed by atoms with E-state index >= 15 is 0 Å². The van der Waals surface area contributed by atoms with Crippen LogP contribution in [0.4, 0.5) is 9.18 Å². The number of carbonyl (C=O) groups excluding carboxylic acids is 1. The van der Waals surface area contributed by atoms with Crippen LogP contribution in [0.1, 0.15) is 31.9 Å². The van der Waals surface area contributed by atoms with E-state index < -0.39 is 17.5 Å². The van der Waals surface area contributed by atoms with Gasteiger partial charge < -0.3 is 9.84 Å². The lowest BCUT2D eigenvalue weighted by Crippen LogP contribution is -2.33. The summed E-state index contributed by atoms with van der Waals surface area (Å²) < 4.78 is 18.8. The van der Waals surface area contributed by atoms with E-state index in [0.29, 0.717) is 11.1 Å². The van der Waals surface area contributed by atoms with E-state index in [1.165, 1.54) is 11.0 Å². The highest BCUT2D eigenvalue weighted by atomic mass is 19.1. The van der Waals surface area contributed by atoms with Crippen LogP contribution in [-0.2, 0) is 17.8 Å². The lowest BCUT2D eigenvalue weighted by atomic mass is 10.1. The molecule has 98 valence electrons. The maximum atomic E-state index is 13.6. The molecule has 0 atom stereocenters. The Balaban J connectivity index is 2.15. The van der Waals surface area contributed by atoms with Crippen LogP contribution >= 0.6 is 0 Å². The number of benzene rings is 1. The number of amides is 1. The molecule has 0 fully saturated rings. The summed E-state index contributed by atoms with van der Waals surface area (Å²) in [5.41, 5.74) is 0.490. The van der Waals surface area contributed by atoms with Crippen molar-refractivity contribution in [1.82, 2.24) is 4.90 Å². The summed E-state index contributed by atoms with van der Waals surface area (Å²) in [4.78, 5) is 13.3. The molecule has 1 aromatic rings. The number of halogens is 1. The fourth-order valence-electron chi connectivity index (χ4n) is 1.90. The van der Waals surface area contributed by atoms with Gasteiger partial charge in [0.05, 0.1) is 6.54 Å². The third kappa shape index (κ3) is 2.55. The van der Waals surface area contributed by atoms with Crippen molar-refractivity contribution in [3.8, 4) is 5.75 Å². The summed E-state index contributed by atoms with van der Waals surface area (Å²) in [5, 5.41) is 9.31. The van der Waals surface area contributed by atoms with E-state index in [1.54, 1.807) is 20.8 Å². The van der Waals surface area contributed by atoms with E-state index in [9.17, 15) is 14.3 Å². The first-order valence-corrected chi connectivity index (χ1v) is 5.74. The highest BCUT2D eigenvalue weighted by Gasteiger charge is 2.29. The highest BCUT2D eigenvalue weighted by Crippen LogP contribution is 2.29. The molecule has 0 bridgehead atoms. The van der Waals surface area contributed by atoms with Gasteiger partial charge in [-0.25, -0.2) is 9.18 Å². The number of ether oxygens (including phenoxy) is 1. The fourth-order valence-corrected chi connectivity index (χ4v) is 1.90. The number of aromatic hydroxyl groups is 1. The zero-order valence-corrected chi connectivity index (χ0v) is 10.7. The molecule has 1 aromatic carbocycles. The molecule has 0 radical (unpaired) electrons. The first-order valence-electron chi connectivity index (χ1n) is 5.74. The van der Waals surface area contributed by atoms with Gasteiger partial charge in [-0.2, -0.15) is 0 Å². The van der Waals surface area contributed by atoms with E-state index in [4.69, 9.17) is 4.74 Å². The Morgan fingerprint density at radius 3 is 2.67 bits per heavy atom. The van der Waals surface area contributed by atoms with Crippen molar-refractivity contribution < 1.29 is 19.0 Å². The van der Waals surface area contributed by atoms with Gasteiger partial charge in [-0.3, -0.25) is 4.90 Å². The van der Waals surface area contributed by atoms with Gasteiger partial charge in [-0.15, -0.1) is 0 Å². The van der Waals surface area contributed by atoms with E-state index in [-0.39, 0.29) is 18.8 Å². The average Bonchev–Trinajstić information content (AvgIpc) is 2.58. The second-order valence-corrected chi connectivity index (χ2v) is 5.40. The van der Waals surface area contributed by atoms with Gasteiger partial charge in [0.1, 0.15) is 17.2 Å². The zero-order valence-electron chi connectivity index (χ0n) is 10.7. The fraction of sp³-hybridized carbons (Fsp3) is 0.462. The molecule has 1 aliphatic rings. The Labute approximate surface area is 105 Å². The molecule has 1 aliphatic heterocycles. The van der Waals surface area contributed by atoms with Gasteiger partial charge in [-0.1, -0.05) is 0 Å². The molecule has 0 aromatic heterocycles. The molecule has 1 amide bonds. The molecule has 0 saturated heterocycles. The topological polar surface area (TPSA) is 49.8 Å². The summed E-state index contributed by atoms with van der Waals surface area (Å²) >= 11 is 0. The summed E-state index contributed by atoms with van der Waals surface area (Å²) in [6.45, 7) is 5.77. The van der Waals surface area contributed by atoms with E-state index in [2.05, 4.69) is 0 Å². The van der Waals surface area contributed by atoms with Crippen molar-refractivity contribution in [2.24, 2.45) is 0 Å². The van der Waals surface area contributed by atoms with E-state index in [1.807, 2.05) is 0 Å². The summed E-state index contributed by atoms with van der Waals surface area (Å²) in [6, 6.07) is 2.53. The minimum Gasteiger partial charge on any atom is -0.508 e. The van der Waals surface area contributed by atoms with Crippen molar-refractivity contribution in [3.05, 3.63) is 29.1 Å². The van der Waals surface area contributed by atoms with Crippen molar-refractivity contribution in [2.75, 3.05) is 0 Å². The summed E-state index contributed by atoms with van der Waals surface area (Å²) in [6.07, 6.45) is -0.474. The lowest BCUT2D eigenvalue weighted by molar-refractivity contribution is 0.0241. The number of phenols is 1. The molecule has 0 spiro atoms. The normalized spacial score (nSPS) is 14.6. The summed E-state index contributed by atoms with van der Waals surface area (Å²) in [7, 11) is 0. The van der Waals surface area contributed by atoms with Crippen molar-refractivity contribution in [1.29, 1.82) is 0 Å². The lowest BCUT2D eigenvalue weighted by Gasteiger charge is -2.24. The molecule has 18 heavy (non-hydrogen) atoms. The number of rotatable bonds is 0. The maximum absolute atomic E-state index is 13.6. The molecule has 1 heterocycles. The molecular weight excluding hydrogens is 237 g/mol. The number of hydrogen-bond acceptors (Lipinski definition) is 3. The Morgan fingerprint density at radius 2 is 2.06 bits per heavy atom. The monoisotopic (exact) mass is 253 g/mol. The minimum absolute atomic E-state index is 0.128. The van der Waals surface area contributed by atoms with Crippen LogP contribution < -0.4 is 0 Å². The van der Waals surface area contributed by atoms with Gasteiger partial charge in [0.2, 0.25) is 0 Å². The maximum Gasteiger partial charge on any atom is 0.410 e. The number of fused-ring (bicyclic) bond motifs is 1. The molecule has 4 nitrogen and oxygen atoms in total. The minimum atomic E-state index is -0.577.